The monoisotopic (exact) mass is 209 g/mol. The Morgan fingerprint density at radius 3 is 3.00 bits per heavy atom. The number of aromatic hydroxyl groups is 1. The number of hydrogen-bond acceptors (Lipinski definition) is 3. The van der Waals surface area contributed by atoms with Crippen molar-refractivity contribution in [2.45, 2.75) is 45.3 Å². The van der Waals surface area contributed by atoms with Crippen molar-refractivity contribution in [1.82, 2.24) is 14.7 Å². The summed E-state index contributed by atoms with van der Waals surface area (Å²) < 4.78 is 1.83. The Bertz CT molecular complexity index is 321. The fourth-order valence-corrected chi connectivity index (χ4v) is 2.40. The molecule has 2 heterocycles. The molecule has 0 radical (unpaired) electrons. The van der Waals surface area contributed by atoms with Crippen molar-refractivity contribution < 1.29 is 5.11 Å². The van der Waals surface area contributed by atoms with Gasteiger partial charge in [-0.05, 0) is 33.2 Å². The van der Waals surface area contributed by atoms with Crippen molar-refractivity contribution in [3.05, 3.63) is 12.4 Å². The second kappa shape index (κ2) is 4.23. The maximum Gasteiger partial charge on any atom is 0.153 e. The van der Waals surface area contributed by atoms with Gasteiger partial charge in [0.1, 0.15) is 0 Å². The van der Waals surface area contributed by atoms with E-state index in [2.05, 4.69) is 23.8 Å². The van der Waals surface area contributed by atoms with Gasteiger partial charge in [0.2, 0.25) is 0 Å². The predicted octanol–water partition coefficient (Wildman–Crippen LogP) is 1.46. The highest BCUT2D eigenvalue weighted by molar-refractivity contribution is 5.08. The highest BCUT2D eigenvalue weighted by Crippen LogP contribution is 2.21. The van der Waals surface area contributed by atoms with Crippen LogP contribution in [0.3, 0.4) is 0 Å². The molecule has 1 saturated heterocycles. The standard InChI is InChI=1S/C11H19N3O/c1-9(2)14-5-3-4-10(14)7-13-8-11(15)6-12-13/h6,8-10,15H,3-5,7H2,1-2H3. The van der Waals surface area contributed by atoms with E-state index in [1.165, 1.54) is 25.6 Å². The van der Waals surface area contributed by atoms with Gasteiger partial charge in [0.05, 0.1) is 18.9 Å². The second-order valence-corrected chi connectivity index (χ2v) is 4.55. The van der Waals surface area contributed by atoms with Gasteiger partial charge in [-0.1, -0.05) is 0 Å². The van der Waals surface area contributed by atoms with Gasteiger partial charge in [0.25, 0.3) is 0 Å². The van der Waals surface area contributed by atoms with Crippen LogP contribution in [-0.2, 0) is 6.54 Å². The first-order valence-corrected chi connectivity index (χ1v) is 5.64. The Labute approximate surface area is 90.5 Å². The Balaban J connectivity index is 1.99. The molecule has 0 spiro atoms. The molecule has 1 fully saturated rings. The summed E-state index contributed by atoms with van der Waals surface area (Å²) in [6, 6.07) is 1.17. The Morgan fingerprint density at radius 1 is 1.60 bits per heavy atom. The molecule has 84 valence electrons. The average molecular weight is 209 g/mol. The quantitative estimate of drug-likeness (QED) is 0.819. The molecule has 1 atom stereocenters. The first kappa shape index (κ1) is 10.5. The van der Waals surface area contributed by atoms with Crippen molar-refractivity contribution >= 4 is 0 Å². The molecule has 1 aromatic rings. The zero-order valence-electron chi connectivity index (χ0n) is 9.43. The van der Waals surface area contributed by atoms with Crippen LogP contribution in [0, 0.1) is 0 Å². The number of aromatic nitrogens is 2. The molecule has 0 aromatic carbocycles. The van der Waals surface area contributed by atoms with Gasteiger partial charge in [-0.3, -0.25) is 9.58 Å². The predicted molar refractivity (Wildman–Crippen MR) is 58.8 cm³/mol. The Kier molecular flexibility index (Phi) is 2.95. The van der Waals surface area contributed by atoms with Gasteiger partial charge in [0, 0.05) is 12.1 Å². The van der Waals surface area contributed by atoms with Crippen LogP contribution in [0.2, 0.25) is 0 Å². The lowest BCUT2D eigenvalue weighted by molar-refractivity contribution is 0.183. The van der Waals surface area contributed by atoms with Gasteiger partial charge < -0.3 is 5.11 Å². The van der Waals surface area contributed by atoms with Gasteiger partial charge in [-0.2, -0.15) is 5.10 Å². The van der Waals surface area contributed by atoms with E-state index in [1.807, 2.05) is 4.68 Å². The summed E-state index contributed by atoms with van der Waals surface area (Å²) in [5.41, 5.74) is 0. The highest BCUT2D eigenvalue weighted by atomic mass is 16.3. The molecule has 2 rings (SSSR count). The van der Waals surface area contributed by atoms with E-state index in [4.69, 9.17) is 0 Å². The lowest BCUT2D eigenvalue weighted by atomic mass is 10.2. The molecule has 1 aliphatic heterocycles. The number of rotatable bonds is 3. The summed E-state index contributed by atoms with van der Waals surface area (Å²) in [6.45, 7) is 6.55. The van der Waals surface area contributed by atoms with Gasteiger partial charge in [0.15, 0.2) is 5.75 Å². The molecule has 0 bridgehead atoms. The SMILES string of the molecule is CC(C)N1CCCC1Cn1cc(O)cn1. The molecule has 15 heavy (non-hydrogen) atoms. The molecule has 0 saturated carbocycles. The van der Waals surface area contributed by atoms with Crippen molar-refractivity contribution in [2.75, 3.05) is 6.54 Å². The maximum absolute atomic E-state index is 9.21. The van der Waals surface area contributed by atoms with Crippen LogP contribution >= 0.6 is 0 Å². The number of hydrogen-bond donors (Lipinski definition) is 1. The van der Waals surface area contributed by atoms with Crippen LogP contribution in [0.1, 0.15) is 26.7 Å². The van der Waals surface area contributed by atoms with Crippen LogP contribution in [-0.4, -0.2) is 38.4 Å². The molecular formula is C11H19N3O. The largest absolute Gasteiger partial charge is 0.505 e. The fraction of sp³-hybridized carbons (Fsp3) is 0.727. The molecule has 4 nitrogen and oxygen atoms in total. The highest BCUT2D eigenvalue weighted by Gasteiger charge is 2.26. The minimum Gasteiger partial charge on any atom is -0.505 e. The van der Waals surface area contributed by atoms with Crippen molar-refractivity contribution in [3.63, 3.8) is 0 Å². The molecule has 4 heteroatoms. The summed E-state index contributed by atoms with van der Waals surface area (Å²) in [5.74, 6) is 0.254. The van der Waals surface area contributed by atoms with E-state index in [-0.39, 0.29) is 5.75 Å². The third-order valence-corrected chi connectivity index (χ3v) is 3.10. The lowest BCUT2D eigenvalue weighted by Gasteiger charge is -2.28. The zero-order chi connectivity index (χ0) is 10.8. The van der Waals surface area contributed by atoms with Crippen molar-refractivity contribution in [1.29, 1.82) is 0 Å². The summed E-state index contributed by atoms with van der Waals surface area (Å²) >= 11 is 0. The van der Waals surface area contributed by atoms with E-state index in [0.717, 1.165) is 6.54 Å². The molecule has 1 unspecified atom stereocenters. The summed E-state index contributed by atoms with van der Waals surface area (Å²) in [4.78, 5) is 2.51. The lowest BCUT2D eigenvalue weighted by Crippen LogP contribution is -2.38. The zero-order valence-corrected chi connectivity index (χ0v) is 9.43. The summed E-state index contributed by atoms with van der Waals surface area (Å²) in [5, 5.41) is 13.3. The van der Waals surface area contributed by atoms with E-state index in [0.29, 0.717) is 12.1 Å². The van der Waals surface area contributed by atoms with Crippen molar-refractivity contribution in [3.8, 4) is 5.75 Å². The van der Waals surface area contributed by atoms with Crippen LogP contribution in [0.5, 0.6) is 5.75 Å². The van der Waals surface area contributed by atoms with E-state index in [1.54, 1.807) is 6.20 Å². The molecule has 1 aromatic heterocycles. The molecule has 0 amide bonds. The van der Waals surface area contributed by atoms with Crippen LogP contribution in [0.4, 0.5) is 0 Å². The smallest absolute Gasteiger partial charge is 0.153 e. The van der Waals surface area contributed by atoms with Crippen LogP contribution in [0.15, 0.2) is 12.4 Å². The average Bonchev–Trinajstić information content (AvgIpc) is 2.75. The first-order chi connectivity index (χ1) is 7.16. The molecule has 1 N–H and O–H groups in total. The second-order valence-electron chi connectivity index (χ2n) is 4.55. The van der Waals surface area contributed by atoms with Gasteiger partial charge in [-0.25, -0.2) is 0 Å². The normalized spacial score (nSPS) is 22.7. The maximum atomic E-state index is 9.21. The Morgan fingerprint density at radius 2 is 2.40 bits per heavy atom. The minimum absolute atomic E-state index is 0.254. The number of nitrogens with zero attached hydrogens (tertiary/aromatic N) is 3. The van der Waals surface area contributed by atoms with Crippen LogP contribution in [0.25, 0.3) is 0 Å². The van der Waals surface area contributed by atoms with Gasteiger partial charge >= 0.3 is 0 Å². The molecular weight excluding hydrogens is 190 g/mol. The third kappa shape index (κ3) is 2.31. The van der Waals surface area contributed by atoms with Crippen LogP contribution < -0.4 is 0 Å². The molecule has 1 aliphatic rings. The molecule has 0 aliphatic carbocycles. The third-order valence-electron chi connectivity index (χ3n) is 3.10. The van der Waals surface area contributed by atoms with E-state index >= 15 is 0 Å². The minimum atomic E-state index is 0.254. The van der Waals surface area contributed by atoms with Gasteiger partial charge in [-0.15, -0.1) is 0 Å². The van der Waals surface area contributed by atoms with E-state index in [9.17, 15) is 5.11 Å². The Hall–Kier alpha value is -1.03. The first-order valence-electron chi connectivity index (χ1n) is 5.64. The summed E-state index contributed by atoms with van der Waals surface area (Å²) in [7, 11) is 0. The number of likely N-dealkylation sites (tertiary alicyclic amines) is 1. The topological polar surface area (TPSA) is 41.3 Å². The van der Waals surface area contributed by atoms with Crippen molar-refractivity contribution in [2.24, 2.45) is 0 Å². The van der Waals surface area contributed by atoms with E-state index < -0.39 is 0 Å². The fourth-order valence-electron chi connectivity index (χ4n) is 2.40. The summed E-state index contributed by atoms with van der Waals surface area (Å²) in [6.07, 6.45) is 5.69.